The smallest absolute Gasteiger partial charge is 0.288 e. The number of hydrogen-bond donors (Lipinski definition) is 1. The van der Waals surface area contributed by atoms with E-state index in [9.17, 15) is 4.79 Å². The van der Waals surface area contributed by atoms with Crippen molar-refractivity contribution < 1.29 is 4.79 Å². The Morgan fingerprint density at radius 3 is 2.42 bits per heavy atom. The molecule has 0 fully saturated rings. The molecule has 19 heavy (non-hydrogen) atoms. The van der Waals surface area contributed by atoms with Crippen LogP contribution in [-0.4, -0.2) is 5.24 Å². The van der Waals surface area contributed by atoms with E-state index in [0.29, 0.717) is 15.7 Å². The highest BCUT2D eigenvalue weighted by Crippen LogP contribution is 2.26. The van der Waals surface area contributed by atoms with Crippen LogP contribution in [0, 0.1) is 6.92 Å². The molecule has 0 aliphatic heterocycles. The summed E-state index contributed by atoms with van der Waals surface area (Å²) in [5.41, 5.74) is 1.66. The van der Waals surface area contributed by atoms with Gasteiger partial charge in [-0.1, -0.05) is 29.3 Å². The maximum absolute atomic E-state index is 11.9. The molecular weight excluding hydrogens is 301 g/mol. The van der Waals surface area contributed by atoms with Gasteiger partial charge in [-0.3, -0.25) is 4.79 Å². The second kappa shape index (κ2) is 6.33. The molecule has 0 aromatic heterocycles. The van der Waals surface area contributed by atoms with Gasteiger partial charge in [-0.15, -0.1) is 0 Å². The molecule has 0 bridgehead atoms. The molecule has 98 valence electrons. The fraction of sp³-hybridized carbons (Fsp3) is 0.0714. The minimum absolute atomic E-state index is 0.187. The average molecular weight is 312 g/mol. The first-order valence-corrected chi connectivity index (χ1v) is 7.12. The second-order valence-corrected chi connectivity index (χ2v) is 5.84. The second-order valence-electron chi connectivity index (χ2n) is 3.95. The number of carbonyl (C=O) groups excluding carboxylic acids is 1. The Labute approximate surface area is 126 Å². The molecule has 0 aliphatic rings. The number of carbonyl (C=O) groups is 1. The normalized spacial score (nSPS) is 10.3. The third kappa shape index (κ3) is 4.16. The molecule has 2 aromatic carbocycles. The number of thioether (sulfide) groups is 1. The zero-order valence-corrected chi connectivity index (χ0v) is 12.4. The van der Waals surface area contributed by atoms with Crippen LogP contribution in [0.4, 0.5) is 10.5 Å². The van der Waals surface area contributed by atoms with E-state index in [-0.39, 0.29) is 5.24 Å². The van der Waals surface area contributed by atoms with Crippen molar-refractivity contribution in [2.75, 3.05) is 5.32 Å². The average Bonchev–Trinajstić information content (AvgIpc) is 2.36. The number of amides is 1. The Kier molecular flexibility index (Phi) is 4.75. The van der Waals surface area contributed by atoms with Gasteiger partial charge in [-0.2, -0.15) is 0 Å². The lowest BCUT2D eigenvalue weighted by atomic mass is 10.2. The number of nitrogens with one attached hydrogen (secondary N) is 1. The number of anilines is 1. The molecule has 0 saturated carbocycles. The first-order valence-electron chi connectivity index (χ1n) is 5.55. The third-order valence-electron chi connectivity index (χ3n) is 2.39. The molecule has 0 saturated heterocycles. The lowest BCUT2D eigenvalue weighted by Crippen LogP contribution is -2.05. The molecule has 2 rings (SSSR count). The molecule has 5 heteroatoms. The topological polar surface area (TPSA) is 29.1 Å². The summed E-state index contributed by atoms with van der Waals surface area (Å²) >= 11 is 12.9. The van der Waals surface area contributed by atoms with Crippen molar-refractivity contribution in [2.45, 2.75) is 11.8 Å². The van der Waals surface area contributed by atoms with Crippen molar-refractivity contribution in [1.82, 2.24) is 0 Å². The fourth-order valence-electron chi connectivity index (χ4n) is 1.47. The zero-order chi connectivity index (χ0) is 13.8. The van der Waals surface area contributed by atoms with E-state index >= 15 is 0 Å². The molecule has 0 unspecified atom stereocenters. The largest absolute Gasteiger partial charge is 0.315 e. The quantitative estimate of drug-likeness (QED) is 0.729. The molecule has 2 aromatic rings. The molecule has 2 nitrogen and oxygen atoms in total. The predicted molar refractivity (Wildman–Crippen MR) is 82.5 cm³/mol. The van der Waals surface area contributed by atoms with Gasteiger partial charge in [0.15, 0.2) is 0 Å². The third-order valence-corrected chi connectivity index (χ3v) is 3.75. The summed E-state index contributed by atoms with van der Waals surface area (Å²) in [6.07, 6.45) is 0. The van der Waals surface area contributed by atoms with Crippen molar-refractivity contribution in [1.29, 1.82) is 0 Å². The lowest BCUT2D eigenvalue weighted by molar-refractivity contribution is 0.270. The van der Waals surface area contributed by atoms with E-state index in [1.165, 1.54) is 0 Å². The predicted octanol–water partition coefficient (Wildman–Crippen LogP) is 5.63. The highest BCUT2D eigenvalue weighted by Gasteiger charge is 2.07. The molecule has 0 radical (unpaired) electrons. The van der Waals surface area contributed by atoms with Crippen molar-refractivity contribution in [3.63, 3.8) is 0 Å². The monoisotopic (exact) mass is 311 g/mol. The summed E-state index contributed by atoms with van der Waals surface area (Å²) in [5, 5.41) is 3.75. The van der Waals surface area contributed by atoms with Crippen LogP contribution in [0.25, 0.3) is 0 Å². The van der Waals surface area contributed by atoms with E-state index in [2.05, 4.69) is 5.32 Å². The number of benzene rings is 2. The number of aryl methyl sites for hydroxylation is 1. The van der Waals surface area contributed by atoms with Crippen LogP contribution in [0.5, 0.6) is 0 Å². The Hall–Kier alpha value is -1.16. The van der Waals surface area contributed by atoms with Crippen LogP contribution < -0.4 is 5.32 Å². The number of hydrogen-bond acceptors (Lipinski definition) is 2. The van der Waals surface area contributed by atoms with Gasteiger partial charge in [-0.25, -0.2) is 0 Å². The van der Waals surface area contributed by atoms with Gasteiger partial charge in [0.25, 0.3) is 5.24 Å². The SMILES string of the molecule is Cc1ccc(NC(=O)Sc2ccc(Cl)cc2)c(Cl)c1. The Balaban J connectivity index is 2.03. The summed E-state index contributed by atoms with van der Waals surface area (Å²) in [4.78, 5) is 12.7. The van der Waals surface area contributed by atoms with Crippen molar-refractivity contribution in [2.24, 2.45) is 0 Å². The molecule has 0 heterocycles. The van der Waals surface area contributed by atoms with Crippen LogP contribution in [-0.2, 0) is 0 Å². The van der Waals surface area contributed by atoms with Crippen LogP contribution >= 0.6 is 35.0 Å². The van der Waals surface area contributed by atoms with Gasteiger partial charge in [0.2, 0.25) is 0 Å². The fourth-order valence-corrected chi connectivity index (χ4v) is 2.52. The number of halogens is 2. The van der Waals surface area contributed by atoms with Crippen LogP contribution in [0.15, 0.2) is 47.4 Å². The van der Waals surface area contributed by atoms with E-state index in [0.717, 1.165) is 22.2 Å². The molecule has 1 N–H and O–H groups in total. The Morgan fingerprint density at radius 1 is 1.11 bits per heavy atom. The summed E-state index contributed by atoms with van der Waals surface area (Å²) < 4.78 is 0. The first kappa shape index (κ1) is 14.3. The van der Waals surface area contributed by atoms with Gasteiger partial charge < -0.3 is 5.32 Å². The van der Waals surface area contributed by atoms with Crippen molar-refractivity contribution in [3.8, 4) is 0 Å². The first-order chi connectivity index (χ1) is 9.04. The van der Waals surface area contributed by atoms with Crippen LogP contribution in [0.1, 0.15) is 5.56 Å². The highest BCUT2D eigenvalue weighted by atomic mass is 35.5. The summed E-state index contributed by atoms with van der Waals surface area (Å²) in [6, 6.07) is 12.6. The molecule has 1 amide bonds. The summed E-state index contributed by atoms with van der Waals surface area (Å²) in [6.45, 7) is 1.94. The minimum atomic E-state index is -0.187. The summed E-state index contributed by atoms with van der Waals surface area (Å²) in [7, 11) is 0. The van der Waals surface area contributed by atoms with Gasteiger partial charge in [0, 0.05) is 9.92 Å². The van der Waals surface area contributed by atoms with Crippen LogP contribution in [0.2, 0.25) is 10.0 Å². The maximum atomic E-state index is 11.9. The van der Waals surface area contributed by atoms with Crippen LogP contribution in [0.3, 0.4) is 0 Å². The van der Waals surface area contributed by atoms with E-state index < -0.39 is 0 Å². The van der Waals surface area contributed by atoms with Gasteiger partial charge in [0.1, 0.15) is 0 Å². The summed E-state index contributed by atoms with van der Waals surface area (Å²) in [5.74, 6) is 0. The highest BCUT2D eigenvalue weighted by molar-refractivity contribution is 8.13. The molecule has 0 aliphatic carbocycles. The number of rotatable bonds is 2. The van der Waals surface area contributed by atoms with E-state index in [1.807, 2.05) is 19.1 Å². The van der Waals surface area contributed by atoms with Gasteiger partial charge in [-0.05, 0) is 60.6 Å². The maximum Gasteiger partial charge on any atom is 0.288 e. The molecular formula is C14H11Cl2NOS. The molecule has 0 spiro atoms. The zero-order valence-electron chi connectivity index (χ0n) is 10.1. The standard InChI is InChI=1S/C14H11Cl2NOS/c1-9-2-7-13(12(16)8-9)17-14(18)19-11-5-3-10(15)4-6-11/h2-8H,1H3,(H,17,18). The Bertz CT molecular complexity index is 599. The van der Waals surface area contributed by atoms with Gasteiger partial charge in [0.05, 0.1) is 10.7 Å². The van der Waals surface area contributed by atoms with E-state index in [4.69, 9.17) is 23.2 Å². The Morgan fingerprint density at radius 2 is 1.79 bits per heavy atom. The van der Waals surface area contributed by atoms with Gasteiger partial charge >= 0.3 is 0 Å². The minimum Gasteiger partial charge on any atom is -0.315 e. The van der Waals surface area contributed by atoms with Crippen molar-refractivity contribution in [3.05, 3.63) is 58.1 Å². The van der Waals surface area contributed by atoms with Crippen molar-refractivity contribution >= 4 is 45.9 Å². The molecule has 0 atom stereocenters. The van der Waals surface area contributed by atoms with E-state index in [1.54, 1.807) is 30.3 Å². The lowest BCUT2D eigenvalue weighted by Gasteiger charge is -2.07.